The highest BCUT2D eigenvalue weighted by atomic mass is 19.1. The highest BCUT2D eigenvalue weighted by molar-refractivity contribution is 6.17. The summed E-state index contributed by atoms with van der Waals surface area (Å²) in [5, 5.41) is 28.1. The molecule has 6 aromatic rings. The van der Waals surface area contributed by atoms with Crippen LogP contribution in [0, 0.1) is 17.0 Å². The van der Waals surface area contributed by atoms with Crippen LogP contribution in [0.2, 0.25) is 0 Å². The van der Waals surface area contributed by atoms with E-state index >= 15 is 8.78 Å². The highest BCUT2D eigenvalue weighted by Crippen LogP contribution is 2.46. The molecule has 0 spiro atoms. The standard InChI is InChI=1S/C60H69F3N10O6/c1-3-42-44(62)16-14-34-23-39(74)26-48(50(34)42)72-30-46-52(56(72)76)54(68-58(66-46)78-33-60(32-64)28-36(61)29-60)71-21-10-12-37(18-22-71)65-38-11-9-13-41(25-38)79-59-67-47-31-73(57(77)53(47)55(69-59)70-19-7-5-6-8-20-70)49-27-40(75)24-35-15-17-45(63)43(4-2)51(35)49/h14-17,23-24,26-27,36-38,41,65,74-75H,3-13,18-22,25,28-33,64H2,1-2H3/t36?,37?,38-,41-,60?/m1/s1. The Morgan fingerprint density at radius 3 is 1.78 bits per heavy atom. The molecule has 4 fully saturated rings. The fourth-order valence-electron chi connectivity index (χ4n) is 13.4. The van der Waals surface area contributed by atoms with E-state index in [4.69, 9.17) is 35.1 Å². The first-order valence-electron chi connectivity index (χ1n) is 28.5. The lowest BCUT2D eigenvalue weighted by Crippen LogP contribution is -2.48. The molecule has 2 saturated heterocycles. The van der Waals surface area contributed by atoms with Gasteiger partial charge in [0.2, 0.25) is 0 Å². The van der Waals surface area contributed by atoms with E-state index in [1.165, 1.54) is 24.3 Å². The van der Waals surface area contributed by atoms with Crippen LogP contribution in [-0.4, -0.2) is 106 Å². The third kappa shape index (κ3) is 9.99. The molecule has 6 aliphatic rings. The lowest BCUT2D eigenvalue weighted by atomic mass is 9.68. The Balaban J connectivity index is 0.774. The number of hydrogen-bond acceptors (Lipinski definition) is 14. The minimum atomic E-state index is -0.943. The summed E-state index contributed by atoms with van der Waals surface area (Å²) in [7, 11) is 0. The Labute approximate surface area is 457 Å². The Kier molecular flexibility index (Phi) is 14.4. The zero-order valence-corrected chi connectivity index (χ0v) is 45.0. The van der Waals surface area contributed by atoms with Crippen LogP contribution in [0.1, 0.15) is 141 Å². The molecule has 2 saturated carbocycles. The summed E-state index contributed by atoms with van der Waals surface area (Å²) in [6, 6.07) is 12.8. The number of benzene rings is 4. The van der Waals surface area contributed by atoms with E-state index in [1.807, 2.05) is 13.8 Å². The van der Waals surface area contributed by atoms with Gasteiger partial charge in [-0.3, -0.25) is 9.59 Å². The number of nitrogens with two attached hydrogens (primary N) is 1. The molecule has 5 N–H and O–H groups in total. The summed E-state index contributed by atoms with van der Waals surface area (Å²) in [6.07, 6.45) is 10.1. The van der Waals surface area contributed by atoms with Crippen molar-refractivity contribution in [2.75, 3.05) is 58.9 Å². The fourth-order valence-corrected chi connectivity index (χ4v) is 13.4. The first-order chi connectivity index (χ1) is 38.3. The molecule has 16 nitrogen and oxygen atoms in total. The van der Waals surface area contributed by atoms with Crippen LogP contribution in [0.3, 0.4) is 0 Å². The lowest BCUT2D eigenvalue weighted by molar-refractivity contribution is -0.00907. The molecular weight excluding hydrogens is 1010 g/mol. The SMILES string of the molecule is CCc1c(F)ccc2cc(O)cc(N3Cc4nc(OCC5(CN)CC(F)C5)nc(N5CCCC(N[C@@H]6CCC[C@@H](Oc7nc8c(c(N9CCCCCC9)n7)C(=O)N(c7cc(O)cc9ccc(F)c(CC)c79)C8)C6)CC5)c4C3=O)c12. The summed E-state index contributed by atoms with van der Waals surface area (Å²) >= 11 is 0. The third-order valence-corrected chi connectivity index (χ3v) is 17.5. The van der Waals surface area contributed by atoms with Gasteiger partial charge in [-0.15, -0.1) is 0 Å². The molecule has 0 bridgehead atoms. The predicted molar refractivity (Wildman–Crippen MR) is 296 cm³/mol. The van der Waals surface area contributed by atoms with E-state index in [-0.39, 0.29) is 98.4 Å². The highest BCUT2D eigenvalue weighted by Gasteiger charge is 2.45. The second-order valence-electron chi connectivity index (χ2n) is 22.8. The van der Waals surface area contributed by atoms with Crippen molar-refractivity contribution in [3.8, 4) is 23.5 Å². The minimum absolute atomic E-state index is 0.0200. The Morgan fingerprint density at radius 1 is 0.671 bits per heavy atom. The quantitative estimate of drug-likeness (QED) is 0.0805. The van der Waals surface area contributed by atoms with Gasteiger partial charge in [0, 0.05) is 73.1 Å². The van der Waals surface area contributed by atoms with Gasteiger partial charge in [-0.2, -0.15) is 19.9 Å². The number of aromatic nitrogens is 4. The molecule has 6 heterocycles. The zero-order chi connectivity index (χ0) is 54.7. The van der Waals surface area contributed by atoms with Crippen LogP contribution >= 0.6 is 0 Å². The topological polar surface area (TPSA) is 196 Å². The molecule has 12 rings (SSSR count). The van der Waals surface area contributed by atoms with Gasteiger partial charge in [-0.05, 0) is 130 Å². The molecule has 4 aliphatic heterocycles. The molecule has 2 aliphatic carbocycles. The van der Waals surface area contributed by atoms with Gasteiger partial charge >= 0.3 is 12.0 Å². The number of aryl methyl sites for hydroxylation is 2. The van der Waals surface area contributed by atoms with Gasteiger partial charge in [-0.25, -0.2) is 13.2 Å². The molecule has 2 aromatic heterocycles. The summed E-state index contributed by atoms with van der Waals surface area (Å²) in [4.78, 5) is 56.7. The Morgan fingerprint density at radius 2 is 1.22 bits per heavy atom. The number of alkyl halides is 1. The van der Waals surface area contributed by atoms with Crippen molar-refractivity contribution in [1.29, 1.82) is 0 Å². The number of phenolic OH excluding ortho intramolecular Hbond substituents is 2. The van der Waals surface area contributed by atoms with Gasteiger partial charge in [0.25, 0.3) is 11.8 Å². The first kappa shape index (κ1) is 52.7. The minimum Gasteiger partial charge on any atom is -0.508 e. The van der Waals surface area contributed by atoms with Crippen LogP contribution in [0.15, 0.2) is 48.5 Å². The number of hydrogen-bond donors (Lipinski definition) is 4. The van der Waals surface area contributed by atoms with Gasteiger partial charge in [0.15, 0.2) is 0 Å². The summed E-state index contributed by atoms with van der Waals surface area (Å²) in [5.41, 5.74) is 9.07. The molecule has 0 radical (unpaired) electrons. The number of fused-ring (bicyclic) bond motifs is 4. The lowest BCUT2D eigenvalue weighted by Gasteiger charge is -2.42. The van der Waals surface area contributed by atoms with Crippen molar-refractivity contribution in [3.05, 3.63) is 93.8 Å². The monoisotopic (exact) mass is 1080 g/mol. The number of nitrogens with zero attached hydrogens (tertiary/aromatic N) is 8. The van der Waals surface area contributed by atoms with Crippen molar-refractivity contribution in [3.63, 3.8) is 0 Å². The average Bonchev–Trinajstić information content (AvgIpc) is 3.98. The third-order valence-electron chi connectivity index (χ3n) is 17.5. The molecule has 4 aromatic carbocycles. The molecular formula is C60H69F3N10O6. The number of anilines is 4. The van der Waals surface area contributed by atoms with Gasteiger partial charge in [0.05, 0.1) is 42.5 Å². The Hall–Kier alpha value is -6.99. The largest absolute Gasteiger partial charge is 0.508 e. The normalized spacial score (nSPS) is 23.5. The summed E-state index contributed by atoms with van der Waals surface area (Å²) in [5.74, 6) is -0.484. The van der Waals surface area contributed by atoms with E-state index in [1.54, 1.807) is 34.1 Å². The van der Waals surface area contributed by atoms with E-state index in [2.05, 4.69) is 15.1 Å². The van der Waals surface area contributed by atoms with Crippen LogP contribution in [0.25, 0.3) is 21.5 Å². The van der Waals surface area contributed by atoms with Crippen LogP contribution in [-0.2, 0) is 25.9 Å². The maximum Gasteiger partial charge on any atom is 0.318 e. The number of ether oxygens (including phenoxy) is 2. The molecule has 1 unspecified atom stereocenters. The van der Waals surface area contributed by atoms with E-state index in [9.17, 15) is 24.2 Å². The number of rotatable bonds is 14. The van der Waals surface area contributed by atoms with Gasteiger partial charge in [0.1, 0.15) is 58.2 Å². The summed E-state index contributed by atoms with van der Waals surface area (Å²) < 4.78 is 57.9. The maximum absolute atomic E-state index is 15.4. The van der Waals surface area contributed by atoms with E-state index < -0.39 is 17.4 Å². The van der Waals surface area contributed by atoms with Crippen LogP contribution in [0.5, 0.6) is 23.5 Å². The first-order valence-corrected chi connectivity index (χ1v) is 28.5. The average molecular weight is 1080 g/mol. The molecule has 3 atom stereocenters. The predicted octanol–water partition coefficient (Wildman–Crippen LogP) is 9.88. The summed E-state index contributed by atoms with van der Waals surface area (Å²) in [6.45, 7) is 6.93. The fraction of sp³-hybridized carbons (Fsp3) is 0.500. The maximum atomic E-state index is 15.4. The van der Waals surface area contributed by atoms with Crippen molar-refractivity contribution in [2.24, 2.45) is 11.1 Å². The van der Waals surface area contributed by atoms with Gasteiger partial charge in [-0.1, -0.05) is 38.8 Å². The van der Waals surface area contributed by atoms with E-state index in [0.717, 1.165) is 83.7 Å². The number of nitrogens with one attached hydrogen (secondary N) is 1. The number of carbonyl (C=O) groups excluding carboxylic acids is 2. The molecule has 79 heavy (non-hydrogen) atoms. The number of aromatic hydroxyl groups is 2. The van der Waals surface area contributed by atoms with Crippen LogP contribution in [0.4, 0.5) is 36.2 Å². The molecule has 19 heteroatoms. The van der Waals surface area contributed by atoms with Gasteiger partial charge < -0.3 is 50.3 Å². The molecule has 2 amide bonds. The van der Waals surface area contributed by atoms with Crippen molar-refractivity contribution in [1.82, 2.24) is 25.3 Å². The second kappa shape index (κ2) is 21.6. The van der Waals surface area contributed by atoms with Crippen molar-refractivity contribution < 1.29 is 42.4 Å². The number of phenols is 2. The zero-order valence-electron chi connectivity index (χ0n) is 45.0. The van der Waals surface area contributed by atoms with Crippen molar-refractivity contribution >= 4 is 56.4 Å². The second-order valence-corrected chi connectivity index (χ2v) is 22.8. The van der Waals surface area contributed by atoms with Crippen molar-refractivity contribution in [2.45, 2.75) is 148 Å². The smallest absolute Gasteiger partial charge is 0.318 e. The number of carbonyl (C=O) groups is 2. The number of halogens is 3. The molecule has 416 valence electrons. The number of amides is 2. The van der Waals surface area contributed by atoms with Crippen LogP contribution < -0.4 is 40.1 Å². The van der Waals surface area contributed by atoms with E-state index in [0.29, 0.717) is 104 Å². The Bertz CT molecular complexity index is 3350.